The molecule has 1 aromatic carbocycles. The molecule has 0 saturated heterocycles. The Bertz CT molecular complexity index is 483. The SMILES string of the molecule is C[N@@+]1(C2CCCCC2)CNc2c(Br)cc(Br)cc2C1. The fraction of sp³-hybridized carbons (Fsp3) is 0.600. The van der Waals surface area contributed by atoms with Crippen LogP contribution in [0.15, 0.2) is 21.1 Å². The van der Waals surface area contributed by atoms with Crippen LogP contribution in [0.4, 0.5) is 5.69 Å². The first-order valence-corrected chi connectivity index (χ1v) is 8.73. The van der Waals surface area contributed by atoms with Crippen LogP contribution in [-0.4, -0.2) is 24.2 Å². The lowest BCUT2D eigenvalue weighted by Crippen LogP contribution is -2.56. The number of rotatable bonds is 1. The molecule has 0 aromatic heterocycles. The van der Waals surface area contributed by atoms with Gasteiger partial charge in [0.2, 0.25) is 0 Å². The van der Waals surface area contributed by atoms with Crippen LogP contribution in [0.1, 0.15) is 37.7 Å². The zero-order valence-electron chi connectivity index (χ0n) is 11.4. The van der Waals surface area contributed by atoms with Gasteiger partial charge in [-0.1, -0.05) is 22.4 Å². The Morgan fingerprint density at radius 3 is 2.63 bits per heavy atom. The minimum atomic E-state index is 0.826. The number of nitrogens with zero attached hydrogens (tertiary/aromatic N) is 1. The average Bonchev–Trinajstić information content (AvgIpc) is 2.39. The summed E-state index contributed by atoms with van der Waals surface area (Å²) in [4.78, 5) is 0. The molecule has 1 aliphatic carbocycles. The molecule has 104 valence electrons. The van der Waals surface area contributed by atoms with Gasteiger partial charge < -0.3 is 9.80 Å². The summed E-state index contributed by atoms with van der Waals surface area (Å²) in [5.41, 5.74) is 2.72. The Labute approximate surface area is 132 Å². The van der Waals surface area contributed by atoms with Gasteiger partial charge in [0, 0.05) is 14.5 Å². The van der Waals surface area contributed by atoms with Crippen molar-refractivity contribution < 1.29 is 4.48 Å². The third-order valence-corrected chi connectivity index (χ3v) is 5.82. The molecule has 1 aromatic rings. The molecule has 0 unspecified atom stereocenters. The number of quaternary nitrogens is 1. The van der Waals surface area contributed by atoms with Crippen molar-refractivity contribution in [1.29, 1.82) is 0 Å². The van der Waals surface area contributed by atoms with E-state index in [2.05, 4.69) is 56.4 Å². The standard InChI is InChI=1S/C15H21Br2N2/c1-19(13-5-3-2-4-6-13)9-11-7-12(16)8-14(17)15(11)18-10-19/h7-8,13,18H,2-6,9-10H2,1H3/q+1/t19-/m0/s1. The predicted molar refractivity (Wildman–Crippen MR) is 87.1 cm³/mol. The van der Waals surface area contributed by atoms with Crippen LogP contribution in [-0.2, 0) is 6.54 Å². The van der Waals surface area contributed by atoms with Crippen LogP contribution >= 0.6 is 31.9 Å². The van der Waals surface area contributed by atoms with Gasteiger partial charge in [0.1, 0.15) is 6.54 Å². The number of hydrogen-bond acceptors (Lipinski definition) is 1. The summed E-state index contributed by atoms with van der Waals surface area (Å²) >= 11 is 7.28. The Kier molecular flexibility index (Phi) is 3.93. The second-order valence-electron chi connectivity index (χ2n) is 6.19. The molecule has 4 heteroatoms. The third kappa shape index (κ3) is 2.72. The van der Waals surface area contributed by atoms with E-state index in [-0.39, 0.29) is 0 Å². The van der Waals surface area contributed by atoms with E-state index in [1.807, 2.05) is 0 Å². The van der Waals surface area contributed by atoms with Crippen LogP contribution in [0.2, 0.25) is 0 Å². The molecule has 0 spiro atoms. The van der Waals surface area contributed by atoms with Gasteiger partial charge in [0.05, 0.1) is 18.8 Å². The number of hydrogen-bond donors (Lipinski definition) is 1. The fourth-order valence-corrected chi connectivity index (χ4v) is 5.07. The summed E-state index contributed by atoms with van der Waals surface area (Å²) in [6.45, 7) is 2.20. The van der Waals surface area contributed by atoms with Crippen molar-refractivity contribution in [3.05, 3.63) is 26.6 Å². The van der Waals surface area contributed by atoms with Gasteiger partial charge in [0.15, 0.2) is 6.67 Å². The van der Waals surface area contributed by atoms with E-state index in [9.17, 15) is 0 Å². The Balaban J connectivity index is 1.88. The number of halogens is 2. The van der Waals surface area contributed by atoms with Gasteiger partial charge in [-0.3, -0.25) is 0 Å². The summed E-state index contributed by atoms with van der Waals surface area (Å²) in [6.07, 6.45) is 7.03. The van der Waals surface area contributed by atoms with Crippen molar-refractivity contribution in [3.8, 4) is 0 Å². The highest BCUT2D eigenvalue weighted by Crippen LogP contribution is 2.38. The number of benzene rings is 1. The molecular formula is C15H21Br2N2+. The average molecular weight is 389 g/mol. The summed E-state index contributed by atoms with van der Waals surface area (Å²) in [7, 11) is 2.42. The first kappa shape index (κ1) is 13.9. The third-order valence-electron chi connectivity index (χ3n) is 4.74. The topological polar surface area (TPSA) is 12.0 Å². The first-order chi connectivity index (χ1) is 9.08. The quantitative estimate of drug-likeness (QED) is 0.676. The maximum atomic E-state index is 3.67. The molecule has 0 amide bonds. The van der Waals surface area contributed by atoms with Gasteiger partial charge >= 0.3 is 0 Å². The van der Waals surface area contributed by atoms with E-state index in [0.717, 1.165) is 28.2 Å². The van der Waals surface area contributed by atoms with E-state index in [1.54, 1.807) is 0 Å². The van der Waals surface area contributed by atoms with Crippen molar-refractivity contribution in [2.24, 2.45) is 0 Å². The lowest BCUT2D eigenvalue weighted by Gasteiger charge is -2.46. The number of nitrogens with one attached hydrogen (secondary N) is 1. The van der Waals surface area contributed by atoms with E-state index >= 15 is 0 Å². The van der Waals surface area contributed by atoms with Gasteiger partial charge in [-0.25, -0.2) is 0 Å². The highest BCUT2D eigenvalue weighted by molar-refractivity contribution is 9.11. The van der Waals surface area contributed by atoms with Crippen molar-refractivity contribution in [2.45, 2.75) is 44.7 Å². The van der Waals surface area contributed by atoms with Crippen LogP contribution in [0.25, 0.3) is 0 Å². The van der Waals surface area contributed by atoms with E-state index < -0.39 is 0 Å². The molecule has 1 saturated carbocycles. The summed E-state index contributed by atoms with van der Waals surface area (Å²) in [5.74, 6) is 0. The maximum Gasteiger partial charge on any atom is 0.152 e. The number of fused-ring (bicyclic) bond motifs is 1. The lowest BCUT2D eigenvalue weighted by atomic mass is 9.91. The molecule has 1 atom stereocenters. The molecular weight excluding hydrogens is 368 g/mol. The largest absolute Gasteiger partial charge is 0.337 e. The number of anilines is 1. The molecule has 1 fully saturated rings. The molecule has 1 N–H and O–H groups in total. The first-order valence-electron chi connectivity index (χ1n) is 7.14. The van der Waals surface area contributed by atoms with Crippen molar-refractivity contribution in [3.63, 3.8) is 0 Å². The fourth-order valence-electron chi connectivity index (χ4n) is 3.62. The summed E-state index contributed by atoms with van der Waals surface area (Å²) in [5, 5.41) is 3.65. The molecule has 2 nitrogen and oxygen atoms in total. The second kappa shape index (κ2) is 5.38. The van der Waals surface area contributed by atoms with Crippen molar-refractivity contribution in [1.82, 2.24) is 0 Å². The molecule has 1 heterocycles. The Morgan fingerprint density at radius 2 is 1.89 bits per heavy atom. The summed E-state index contributed by atoms with van der Waals surface area (Å²) < 4.78 is 3.49. The Morgan fingerprint density at radius 1 is 1.16 bits per heavy atom. The molecule has 2 aliphatic rings. The normalized spacial score (nSPS) is 27.7. The van der Waals surface area contributed by atoms with Gasteiger partial charge in [-0.2, -0.15) is 0 Å². The summed E-state index contributed by atoms with van der Waals surface area (Å²) in [6, 6.07) is 5.22. The second-order valence-corrected chi connectivity index (χ2v) is 7.96. The zero-order valence-corrected chi connectivity index (χ0v) is 14.6. The molecule has 19 heavy (non-hydrogen) atoms. The molecule has 0 bridgehead atoms. The van der Waals surface area contributed by atoms with Crippen LogP contribution in [0.5, 0.6) is 0 Å². The molecule has 1 aliphatic heterocycles. The van der Waals surface area contributed by atoms with Gasteiger partial charge in [0.25, 0.3) is 0 Å². The highest BCUT2D eigenvalue weighted by Gasteiger charge is 2.37. The maximum absolute atomic E-state index is 3.67. The zero-order chi connectivity index (χ0) is 13.5. The predicted octanol–water partition coefficient (Wildman–Crippen LogP) is 4.87. The minimum absolute atomic E-state index is 0.826. The van der Waals surface area contributed by atoms with E-state index in [1.165, 1.54) is 47.8 Å². The van der Waals surface area contributed by atoms with E-state index in [0.29, 0.717) is 0 Å². The van der Waals surface area contributed by atoms with E-state index in [4.69, 9.17) is 0 Å². The molecule has 0 radical (unpaired) electrons. The Hall–Kier alpha value is -0.0600. The highest BCUT2D eigenvalue weighted by atomic mass is 79.9. The van der Waals surface area contributed by atoms with Gasteiger partial charge in [-0.15, -0.1) is 0 Å². The van der Waals surface area contributed by atoms with Crippen molar-refractivity contribution in [2.75, 3.05) is 19.0 Å². The molecule has 3 rings (SSSR count). The lowest BCUT2D eigenvalue weighted by molar-refractivity contribution is -0.945. The monoisotopic (exact) mass is 387 g/mol. The van der Waals surface area contributed by atoms with Gasteiger partial charge in [-0.05, 0) is 53.7 Å². The van der Waals surface area contributed by atoms with Crippen molar-refractivity contribution >= 4 is 37.5 Å². The van der Waals surface area contributed by atoms with Crippen LogP contribution < -0.4 is 5.32 Å². The minimum Gasteiger partial charge on any atom is -0.337 e. The van der Waals surface area contributed by atoms with Crippen LogP contribution in [0, 0.1) is 0 Å². The van der Waals surface area contributed by atoms with Crippen LogP contribution in [0.3, 0.4) is 0 Å². The smallest absolute Gasteiger partial charge is 0.152 e.